The molecule has 0 aliphatic rings. The Morgan fingerprint density at radius 2 is 0.525 bits per heavy atom. The normalized spacial score (nSPS) is 14.0. The summed E-state index contributed by atoms with van der Waals surface area (Å²) in [7, 11) is -4.42. The van der Waals surface area contributed by atoms with Crippen LogP contribution in [0, 0.1) is 0 Å². The van der Waals surface area contributed by atoms with E-state index in [0.717, 1.165) is 161 Å². The zero-order valence-corrected chi connectivity index (χ0v) is 63.8. The monoisotopic (exact) mass is 1390 g/mol. The second-order valence-corrected chi connectivity index (χ2v) is 26.9. The summed E-state index contributed by atoms with van der Waals surface area (Å²) in [5.41, 5.74) is 5.41. The molecule has 0 fully saturated rings. The Balaban J connectivity index is 3.93. The van der Waals surface area contributed by atoms with Crippen molar-refractivity contribution in [1.29, 1.82) is 0 Å². The van der Waals surface area contributed by atoms with Crippen molar-refractivity contribution in [2.75, 3.05) is 26.4 Å². The summed E-state index contributed by atoms with van der Waals surface area (Å²) in [6, 6.07) is 0. The fourth-order valence-electron chi connectivity index (χ4n) is 10.4. The van der Waals surface area contributed by atoms with Crippen LogP contribution in [0.25, 0.3) is 0 Å². The molecule has 0 heterocycles. The van der Waals surface area contributed by atoms with Gasteiger partial charge in [-0.2, -0.15) is 0 Å². The third-order valence-electron chi connectivity index (χ3n) is 16.2. The second kappa shape index (κ2) is 81.6. The SMILES string of the molecule is CC/C=C\C/C=C\C/C=C\C/C=C\C/C=C\C/C=C\C/C=C\C/C=C\C/C=C\C/C=C\C/C=C\CCCCCCCC(=O)OC(COC(=O)CCCCCCCCCCCCCCCCCCCCCC/C=C\C/C=C\C/C=C\C/C=C\C/C=C\C/C=C\CC)COP(=O)(O)OCCN. The number of unbranched alkanes of at least 4 members (excludes halogenated alkanes) is 25. The van der Waals surface area contributed by atoms with Crippen molar-refractivity contribution in [2.24, 2.45) is 5.73 Å². The van der Waals surface area contributed by atoms with E-state index >= 15 is 0 Å². The molecule has 0 aromatic carbocycles. The van der Waals surface area contributed by atoms with Crippen LogP contribution in [0.1, 0.15) is 309 Å². The fourth-order valence-corrected chi connectivity index (χ4v) is 11.2. The number of carbonyl (C=O) groups excluding carboxylic acids is 2. The van der Waals surface area contributed by atoms with Crippen LogP contribution >= 0.6 is 7.82 Å². The highest BCUT2D eigenvalue weighted by atomic mass is 31.2. The number of hydrogen-bond acceptors (Lipinski definition) is 8. The van der Waals surface area contributed by atoms with Gasteiger partial charge in [0.15, 0.2) is 6.10 Å². The molecule has 0 rings (SSSR count). The van der Waals surface area contributed by atoms with Crippen molar-refractivity contribution in [3.63, 3.8) is 0 Å². The first-order chi connectivity index (χ1) is 48.8. The van der Waals surface area contributed by atoms with Crippen LogP contribution in [0.3, 0.4) is 0 Å². The highest BCUT2D eigenvalue weighted by Gasteiger charge is 2.26. The minimum atomic E-state index is -4.42. The summed E-state index contributed by atoms with van der Waals surface area (Å²) in [5, 5.41) is 0. The molecule has 3 N–H and O–H groups in total. The third kappa shape index (κ3) is 81.4. The Labute approximate surface area is 608 Å². The maximum Gasteiger partial charge on any atom is 0.472 e. The topological polar surface area (TPSA) is 134 Å². The molecular weight excluding hydrogens is 1240 g/mol. The van der Waals surface area contributed by atoms with E-state index < -0.39 is 26.5 Å². The average Bonchev–Trinajstić information content (AvgIpc) is 1.35. The van der Waals surface area contributed by atoms with Crippen molar-refractivity contribution in [1.82, 2.24) is 0 Å². The van der Waals surface area contributed by atoms with Crippen LogP contribution in [-0.2, 0) is 32.7 Å². The molecular formula is C89H144NO8P. The lowest BCUT2D eigenvalue weighted by Gasteiger charge is -2.19. The van der Waals surface area contributed by atoms with Crippen molar-refractivity contribution in [2.45, 2.75) is 315 Å². The summed E-state index contributed by atoms with van der Waals surface area (Å²) in [5.74, 6) is -0.854. The van der Waals surface area contributed by atoms with Crippen LogP contribution in [0.15, 0.2) is 207 Å². The van der Waals surface area contributed by atoms with Gasteiger partial charge in [-0.15, -0.1) is 0 Å². The molecule has 2 unspecified atom stereocenters. The van der Waals surface area contributed by atoms with Gasteiger partial charge in [0.2, 0.25) is 0 Å². The van der Waals surface area contributed by atoms with Crippen LogP contribution in [0.5, 0.6) is 0 Å². The van der Waals surface area contributed by atoms with E-state index in [0.29, 0.717) is 6.42 Å². The van der Waals surface area contributed by atoms with Crippen LogP contribution < -0.4 is 5.73 Å². The molecule has 0 aliphatic heterocycles. The van der Waals surface area contributed by atoms with Crippen LogP contribution in [-0.4, -0.2) is 49.3 Å². The number of esters is 2. The van der Waals surface area contributed by atoms with Gasteiger partial charge in [-0.25, -0.2) is 4.57 Å². The summed E-state index contributed by atoms with van der Waals surface area (Å²) >= 11 is 0. The van der Waals surface area contributed by atoms with Gasteiger partial charge in [0, 0.05) is 19.4 Å². The maximum atomic E-state index is 12.8. The maximum absolute atomic E-state index is 12.8. The van der Waals surface area contributed by atoms with Crippen molar-refractivity contribution < 1.29 is 37.6 Å². The van der Waals surface area contributed by atoms with E-state index in [1.165, 1.54) is 116 Å². The summed E-state index contributed by atoms with van der Waals surface area (Å²) in [4.78, 5) is 35.5. The highest BCUT2D eigenvalue weighted by molar-refractivity contribution is 7.47. The number of phosphoric ester groups is 1. The van der Waals surface area contributed by atoms with E-state index in [9.17, 15) is 19.0 Å². The van der Waals surface area contributed by atoms with Crippen LogP contribution in [0.4, 0.5) is 0 Å². The lowest BCUT2D eigenvalue weighted by molar-refractivity contribution is -0.161. The molecule has 0 aliphatic carbocycles. The molecule has 0 radical (unpaired) electrons. The van der Waals surface area contributed by atoms with Gasteiger partial charge in [0.1, 0.15) is 6.61 Å². The van der Waals surface area contributed by atoms with E-state index in [1.54, 1.807) is 0 Å². The lowest BCUT2D eigenvalue weighted by Crippen LogP contribution is -2.29. The summed E-state index contributed by atoms with van der Waals surface area (Å²) in [6.45, 7) is 3.49. The molecule has 9 nitrogen and oxygen atoms in total. The van der Waals surface area contributed by atoms with E-state index in [4.69, 9.17) is 24.3 Å². The minimum Gasteiger partial charge on any atom is -0.462 e. The van der Waals surface area contributed by atoms with Gasteiger partial charge < -0.3 is 20.1 Å². The number of ether oxygens (including phenoxy) is 2. The Morgan fingerprint density at radius 3 is 0.778 bits per heavy atom. The Kier molecular flexibility index (Phi) is 77.1. The highest BCUT2D eigenvalue weighted by Crippen LogP contribution is 2.43. The molecule has 10 heteroatoms. The number of carbonyl (C=O) groups is 2. The molecule has 0 saturated carbocycles. The molecule has 2 atom stereocenters. The molecule has 0 amide bonds. The molecule has 0 bridgehead atoms. The lowest BCUT2D eigenvalue weighted by atomic mass is 10.0. The largest absolute Gasteiger partial charge is 0.472 e. The second-order valence-electron chi connectivity index (χ2n) is 25.5. The molecule has 99 heavy (non-hydrogen) atoms. The van der Waals surface area contributed by atoms with Gasteiger partial charge in [0.25, 0.3) is 0 Å². The van der Waals surface area contributed by atoms with Crippen LogP contribution in [0.2, 0.25) is 0 Å². The predicted molar refractivity (Wildman–Crippen MR) is 431 cm³/mol. The molecule has 0 saturated heterocycles. The van der Waals surface area contributed by atoms with Gasteiger partial charge in [-0.1, -0.05) is 355 Å². The van der Waals surface area contributed by atoms with Crippen molar-refractivity contribution in [3.8, 4) is 0 Å². The van der Waals surface area contributed by atoms with E-state index in [2.05, 4.69) is 220 Å². The predicted octanol–water partition coefficient (Wildman–Crippen LogP) is 27.0. The molecule has 0 aromatic heterocycles. The molecule has 0 aromatic rings. The van der Waals surface area contributed by atoms with E-state index in [1.807, 2.05) is 0 Å². The van der Waals surface area contributed by atoms with Gasteiger partial charge in [-0.3, -0.25) is 18.6 Å². The number of allylic oxidation sites excluding steroid dienone is 34. The Bertz CT molecular complexity index is 2390. The third-order valence-corrected chi connectivity index (χ3v) is 17.1. The van der Waals surface area contributed by atoms with Gasteiger partial charge in [-0.05, 0) is 148 Å². The number of hydrogen-bond donors (Lipinski definition) is 2. The Hall–Kier alpha value is -5.41. The number of nitrogens with two attached hydrogens (primary N) is 1. The van der Waals surface area contributed by atoms with Crippen molar-refractivity contribution >= 4 is 19.8 Å². The van der Waals surface area contributed by atoms with Gasteiger partial charge >= 0.3 is 19.8 Å². The Morgan fingerprint density at radius 1 is 0.303 bits per heavy atom. The summed E-state index contributed by atoms with van der Waals surface area (Å²) in [6.07, 6.45) is 125. The first-order valence-electron chi connectivity index (χ1n) is 39.6. The average molecular weight is 1390 g/mol. The van der Waals surface area contributed by atoms with Crippen molar-refractivity contribution in [3.05, 3.63) is 207 Å². The number of rotatable bonds is 72. The molecule has 558 valence electrons. The van der Waals surface area contributed by atoms with Gasteiger partial charge in [0.05, 0.1) is 13.2 Å². The minimum absolute atomic E-state index is 0.0413. The smallest absolute Gasteiger partial charge is 0.462 e. The fraction of sp³-hybridized carbons (Fsp3) is 0.596. The summed E-state index contributed by atoms with van der Waals surface area (Å²) < 4.78 is 33.2. The zero-order chi connectivity index (χ0) is 71.5. The first-order valence-corrected chi connectivity index (χ1v) is 41.1. The number of phosphoric acid groups is 1. The standard InChI is InChI=1S/C89H144NO8P/c1-3-5-7-9-11-13-15-17-19-21-23-25-27-29-31-33-35-37-39-41-43-45-47-49-51-53-55-57-59-61-63-65-67-69-71-73-75-77-79-81-88(91)95-85-87(86-97-99(93,94)96-84-83-90)98-89(92)82-80-78-76-74-72-70-68-66-64-62-60-58-56-54-52-50-48-46-44-42-40-38-36-34-32-30-28-26-24-22-20-18-16-14-12-10-8-6-4-2/h5-8,11-14,17-20,23-26,29-32,35-38,42,44,48,50,54,56,60,62,66,68,87H,3-4,9-10,15-16,21-22,27-28,33-34,39-41,43,45-47,49,51-53,55,57-59,61,63-65,67,69-86,90H2,1-2H3,(H,93,94)/b7-5-,8-6-,13-11-,14-12-,19-17-,20-18-,25-23-,26-24-,31-29-,32-30-,37-35-,38-36-,44-42-,50-48-,56-54-,62-60-,68-66-. The quantitative estimate of drug-likeness (QED) is 0.0264. The molecule has 0 spiro atoms. The van der Waals surface area contributed by atoms with E-state index in [-0.39, 0.29) is 38.6 Å². The first kappa shape index (κ1) is 93.6. The zero-order valence-electron chi connectivity index (χ0n) is 62.9.